The van der Waals surface area contributed by atoms with Crippen LogP contribution in [0.4, 0.5) is 0 Å². The molecule has 2 N–H and O–H groups in total. The highest BCUT2D eigenvalue weighted by molar-refractivity contribution is 8.00. The first-order valence-electron chi connectivity index (χ1n) is 10.1. The van der Waals surface area contributed by atoms with Crippen LogP contribution < -0.4 is 5.49 Å². The van der Waals surface area contributed by atoms with Gasteiger partial charge in [0, 0.05) is 23.8 Å². The molecule has 0 aliphatic carbocycles. The van der Waals surface area contributed by atoms with E-state index in [1.807, 2.05) is 43.9 Å². The number of aryl methyl sites for hydroxylation is 2. The molecule has 7 nitrogen and oxygen atoms in total. The van der Waals surface area contributed by atoms with Gasteiger partial charge in [-0.15, -0.1) is 0 Å². The van der Waals surface area contributed by atoms with Crippen molar-refractivity contribution in [2.45, 2.75) is 50.4 Å². The third-order valence-corrected chi connectivity index (χ3v) is 7.04. The number of thioether (sulfide) groups is 1. The number of fused-ring (bicyclic) bond motifs is 1. The number of hydrogen-bond acceptors (Lipinski definition) is 5. The van der Waals surface area contributed by atoms with Gasteiger partial charge in [-0.05, 0) is 50.8 Å². The lowest BCUT2D eigenvalue weighted by atomic mass is 10.2. The van der Waals surface area contributed by atoms with Gasteiger partial charge in [0.15, 0.2) is 10.8 Å². The van der Waals surface area contributed by atoms with E-state index in [9.17, 15) is 4.79 Å². The summed E-state index contributed by atoms with van der Waals surface area (Å²) >= 11 is 7.69. The third-order valence-electron chi connectivity index (χ3n) is 5.51. The van der Waals surface area contributed by atoms with Crippen LogP contribution in [0.5, 0.6) is 0 Å². The number of rotatable bonds is 5. The number of aromatic nitrogens is 4. The monoisotopic (exact) mass is 444 g/mol. The minimum atomic E-state index is -0.266. The average molecular weight is 445 g/mol. The zero-order valence-electron chi connectivity index (χ0n) is 17.3. The molecule has 1 atom stereocenters. The molecule has 3 heterocycles. The normalized spacial score (nSPS) is 15.1. The van der Waals surface area contributed by atoms with E-state index in [0.29, 0.717) is 27.6 Å². The minimum Gasteiger partial charge on any atom is -0.342 e. The zero-order valence-corrected chi connectivity index (χ0v) is 18.9. The molecule has 0 bridgehead atoms. The van der Waals surface area contributed by atoms with Gasteiger partial charge < -0.3 is 4.90 Å². The highest BCUT2D eigenvalue weighted by atomic mass is 35.5. The number of halogens is 1. The standard InChI is InChI=1S/C21H25ClN6OS/c1-4-16(20(29)27-9-5-6-10-27)30-21-24-19-17(13(3)25-26-19)18(23)28(21)15-11-14(22)8-7-12(15)2/h7-8,11,16,23H,4-6,9-10H2,1-3H3,(H,25,26)/t16-/m1/s1. The summed E-state index contributed by atoms with van der Waals surface area (Å²) in [7, 11) is 0. The molecule has 1 saturated heterocycles. The summed E-state index contributed by atoms with van der Waals surface area (Å²) in [6, 6.07) is 5.60. The fraction of sp³-hybridized carbons (Fsp3) is 0.429. The Bertz CT molecular complexity index is 1160. The number of carbonyl (C=O) groups excluding carboxylic acids is 1. The number of nitrogens with zero attached hydrogens (tertiary/aromatic N) is 4. The van der Waals surface area contributed by atoms with Gasteiger partial charge in [-0.3, -0.25) is 19.9 Å². The highest BCUT2D eigenvalue weighted by Gasteiger charge is 2.28. The smallest absolute Gasteiger partial charge is 0.236 e. The number of benzene rings is 1. The van der Waals surface area contributed by atoms with E-state index in [0.717, 1.165) is 42.9 Å². The van der Waals surface area contributed by atoms with Gasteiger partial charge in [-0.2, -0.15) is 5.10 Å². The molecule has 0 radical (unpaired) electrons. The Morgan fingerprint density at radius 2 is 2.07 bits per heavy atom. The van der Waals surface area contributed by atoms with Crippen molar-refractivity contribution in [3.63, 3.8) is 0 Å². The van der Waals surface area contributed by atoms with Crippen molar-refractivity contribution in [1.82, 2.24) is 24.6 Å². The second-order valence-electron chi connectivity index (χ2n) is 7.60. The van der Waals surface area contributed by atoms with Gasteiger partial charge in [0.25, 0.3) is 0 Å². The number of likely N-dealkylation sites (tertiary alicyclic amines) is 1. The van der Waals surface area contributed by atoms with Crippen LogP contribution in [0.25, 0.3) is 16.7 Å². The molecule has 1 fully saturated rings. The Morgan fingerprint density at radius 3 is 2.77 bits per heavy atom. The molecular formula is C21H25ClN6OS. The van der Waals surface area contributed by atoms with Gasteiger partial charge in [0.05, 0.1) is 16.3 Å². The summed E-state index contributed by atoms with van der Waals surface area (Å²) < 4.78 is 1.79. The fourth-order valence-corrected chi connectivity index (χ4v) is 5.10. The predicted molar refractivity (Wildman–Crippen MR) is 119 cm³/mol. The van der Waals surface area contributed by atoms with Gasteiger partial charge in [0.1, 0.15) is 5.49 Å². The largest absolute Gasteiger partial charge is 0.342 e. The number of H-pyrrole nitrogens is 1. The molecule has 9 heteroatoms. The summed E-state index contributed by atoms with van der Waals surface area (Å²) in [6.45, 7) is 7.50. The maximum absolute atomic E-state index is 13.1. The maximum Gasteiger partial charge on any atom is 0.236 e. The van der Waals surface area contributed by atoms with E-state index in [4.69, 9.17) is 22.0 Å². The average Bonchev–Trinajstić information content (AvgIpc) is 3.38. The molecule has 1 amide bonds. The molecular weight excluding hydrogens is 420 g/mol. The van der Waals surface area contributed by atoms with Crippen molar-refractivity contribution < 1.29 is 4.79 Å². The van der Waals surface area contributed by atoms with Gasteiger partial charge in [0.2, 0.25) is 5.91 Å². The molecule has 2 aromatic heterocycles. The quantitative estimate of drug-likeness (QED) is 0.459. The SMILES string of the molecule is CC[C@@H](Sc1nc2n[nH]c(C)c2c(=N)n1-c1cc(Cl)ccc1C)C(=O)N1CCCC1. The topological polar surface area (TPSA) is 90.7 Å². The summed E-state index contributed by atoms with van der Waals surface area (Å²) in [5, 5.41) is 17.7. The lowest BCUT2D eigenvalue weighted by molar-refractivity contribution is -0.129. The number of hydrogen-bond donors (Lipinski definition) is 2. The third kappa shape index (κ3) is 3.74. The Kier molecular flexibility index (Phi) is 5.88. The lowest BCUT2D eigenvalue weighted by Gasteiger charge is -2.23. The minimum absolute atomic E-state index is 0.140. The second kappa shape index (κ2) is 8.43. The number of carbonyl (C=O) groups is 1. The van der Waals surface area contributed by atoms with E-state index < -0.39 is 0 Å². The highest BCUT2D eigenvalue weighted by Crippen LogP contribution is 2.30. The Labute approximate surface area is 184 Å². The zero-order chi connectivity index (χ0) is 21.4. The van der Waals surface area contributed by atoms with Crippen molar-refractivity contribution in [3.05, 3.63) is 40.0 Å². The second-order valence-corrected chi connectivity index (χ2v) is 9.21. The molecule has 30 heavy (non-hydrogen) atoms. The molecule has 1 aliphatic rings. The van der Waals surface area contributed by atoms with E-state index in [2.05, 4.69) is 10.2 Å². The predicted octanol–water partition coefficient (Wildman–Crippen LogP) is 3.99. The Balaban J connectivity index is 1.87. The first-order valence-corrected chi connectivity index (χ1v) is 11.4. The Morgan fingerprint density at radius 1 is 1.33 bits per heavy atom. The van der Waals surface area contributed by atoms with Crippen LogP contribution in [-0.2, 0) is 4.79 Å². The summed E-state index contributed by atoms with van der Waals surface area (Å²) in [6.07, 6.45) is 2.80. The number of nitrogens with one attached hydrogen (secondary N) is 2. The Hall–Kier alpha value is -2.32. The van der Waals surface area contributed by atoms with Gasteiger partial charge in [-0.1, -0.05) is 36.4 Å². The van der Waals surface area contributed by atoms with Gasteiger partial charge in [-0.25, -0.2) is 4.98 Å². The van der Waals surface area contributed by atoms with Crippen LogP contribution in [-0.4, -0.2) is 48.9 Å². The van der Waals surface area contributed by atoms with Gasteiger partial charge >= 0.3 is 0 Å². The van der Waals surface area contributed by atoms with Crippen LogP contribution >= 0.6 is 23.4 Å². The van der Waals surface area contributed by atoms with Crippen LogP contribution in [0.1, 0.15) is 37.4 Å². The van der Waals surface area contributed by atoms with Crippen molar-refractivity contribution >= 4 is 40.3 Å². The molecule has 4 rings (SSSR count). The van der Waals surface area contributed by atoms with E-state index in [1.54, 1.807) is 4.57 Å². The van der Waals surface area contributed by atoms with E-state index >= 15 is 0 Å². The van der Waals surface area contributed by atoms with Crippen molar-refractivity contribution in [1.29, 1.82) is 5.41 Å². The number of aromatic amines is 1. The maximum atomic E-state index is 13.1. The van der Waals surface area contributed by atoms with E-state index in [1.165, 1.54) is 11.8 Å². The first-order chi connectivity index (χ1) is 14.4. The molecule has 3 aromatic rings. The summed E-state index contributed by atoms with van der Waals surface area (Å²) in [4.78, 5) is 19.8. The molecule has 1 aromatic carbocycles. The number of amides is 1. The molecule has 158 valence electrons. The fourth-order valence-electron chi connectivity index (χ4n) is 3.83. The van der Waals surface area contributed by atoms with Crippen molar-refractivity contribution in [2.75, 3.05) is 13.1 Å². The van der Waals surface area contributed by atoms with Crippen molar-refractivity contribution in [3.8, 4) is 5.69 Å². The summed E-state index contributed by atoms with van der Waals surface area (Å²) in [5.74, 6) is 0.140. The molecule has 1 aliphatic heterocycles. The van der Waals surface area contributed by atoms with Crippen LogP contribution in [0, 0.1) is 19.3 Å². The summed E-state index contributed by atoms with van der Waals surface area (Å²) in [5.41, 5.74) is 3.31. The first kappa shape index (κ1) is 20.9. The lowest BCUT2D eigenvalue weighted by Crippen LogP contribution is -2.36. The van der Waals surface area contributed by atoms with Crippen LogP contribution in [0.15, 0.2) is 23.4 Å². The molecule has 0 unspecified atom stereocenters. The van der Waals surface area contributed by atoms with Crippen molar-refractivity contribution in [2.24, 2.45) is 0 Å². The van der Waals surface area contributed by atoms with Crippen LogP contribution in [0.3, 0.4) is 0 Å². The molecule has 0 spiro atoms. The van der Waals surface area contributed by atoms with E-state index in [-0.39, 0.29) is 16.6 Å². The molecule has 0 saturated carbocycles. The van der Waals surface area contributed by atoms with Crippen LogP contribution in [0.2, 0.25) is 5.02 Å².